The van der Waals surface area contributed by atoms with Crippen LogP contribution in [0.4, 0.5) is 0 Å². The third-order valence-corrected chi connectivity index (χ3v) is 2.98. The summed E-state index contributed by atoms with van der Waals surface area (Å²) >= 11 is 0. The molecule has 0 radical (unpaired) electrons. The Morgan fingerprint density at radius 1 is 1.19 bits per heavy atom. The molecule has 1 aliphatic rings. The van der Waals surface area contributed by atoms with Gasteiger partial charge in [0.2, 0.25) is 0 Å². The number of rotatable bonds is 4. The van der Waals surface area contributed by atoms with E-state index >= 15 is 0 Å². The summed E-state index contributed by atoms with van der Waals surface area (Å²) in [7, 11) is 0. The Morgan fingerprint density at radius 3 is 2.69 bits per heavy atom. The van der Waals surface area contributed by atoms with E-state index in [4.69, 9.17) is 0 Å². The summed E-state index contributed by atoms with van der Waals surface area (Å²) in [5.74, 6) is 0. The average molecular weight is 213 g/mol. The molecule has 1 N–H and O–H groups in total. The van der Waals surface area contributed by atoms with Crippen LogP contribution in [0.5, 0.6) is 0 Å². The van der Waals surface area contributed by atoms with E-state index in [9.17, 15) is 0 Å². The zero-order chi connectivity index (χ0) is 11.2. The maximum atomic E-state index is 3.55. The van der Waals surface area contributed by atoms with Crippen LogP contribution in [0.15, 0.2) is 54.1 Å². The van der Waals surface area contributed by atoms with Crippen molar-refractivity contribution < 1.29 is 0 Å². The lowest BCUT2D eigenvalue weighted by atomic mass is 10.0. The van der Waals surface area contributed by atoms with Crippen molar-refractivity contribution in [3.05, 3.63) is 59.7 Å². The minimum Gasteiger partial charge on any atom is -0.306 e. The van der Waals surface area contributed by atoms with Crippen molar-refractivity contribution in [2.75, 3.05) is 0 Å². The van der Waals surface area contributed by atoms with Gasteiger partial charge in [0.25, 0.3) is 0 Å². The fourth-order valence-electron chi connectivity index (χ4n) is 1.94. The first-order chi connectivity index (χ1) is 7.86. The van der Waals surface area contributed by atoms with Gasteiger partial charge >= 0.3 is 0 Å². The van der Waals surface area contributed by atoms with Crippen LogP contribution in [0, 0.1) is 0 Å². The Morgan fingerprint density at radius 2 is 2.00 bits per heavy atom. The van der Waals surface area contributed by atoms with Gasteiger partial charge in [0.15, 0.2) is 0 Å². The highest BCUT2D eigenvalue weighted by molar-refractivity contribution is 5.27. The van der Waals surface area contributed by atoms with Crippen LogP contribution >= 0.6 is 0 Å². The lowest BCUT2D eigenvalue weighted by molar-refractivity contribution is 0.613. The summed E-state index contributed by atoms with van der Waals surface area (Å²) in [6, 6.07) is 11.0. The molecule has 0 saturated carbocycles. The van der Waals surface area contributed by atoms with Crippen LogP contribution in [0.25, 0.3) is 0 Å². The Balaban J connectivity index is 1.86. The molecule has 1 aliphatic carbocycles. The van der Waals surface area contributed by atoms with E-state index in [2.05, 4.69) is 60.8 Å². The molecule has 1 atom stereocenters. The molecule has 1 aromatic rings. The third-order valence-electron chi connectivity index (χ3n) is 2.98. The van der Waals surface area contributed by atoms with Gasteiger partial charge in [-0.2, -0.15) is 0 Å². The molecule has 0 amide bonds. The predicted octanol–water partition coefficient (Wildman–Crippen LogP) is 3.44. The molecular weight excluding hydrogens is 194 g/mol. The molecule has 0 spiro atoms. The van der Waals surface area contributed by atoms with Gasteiger partial charge in [-0.1, -0.05) is 48.6 Å². The molecule has 0 unspecified atom stereocenters. The lowest BCUT2D eigenvalue weighted by Gasteiger charge is -2.17. The number of nitrogens with one attached hydrogen (secondary N) is 1. The fourth-order valence-corrected chi connectivity index (χ4v) is 1.94. The van der Waals surface area contributed by atoms with Gasteiger partial charge in [-0.3, -0.25) is 0 Å². The largest absolute Gasteiger partial charge is 0.306 e. The summed E-state index contributed by atoms with van der Waals surface area (Å²) in [6.07, 6.45) is 9.21. The Kier molecular flexibility index (Phi) is 3.95. The van der Waals surface area contributed by atoms with E-state index in [1.807, 2.05) is 0 Å². The van der Waals surface area contributed by atoms with Gasteiger partial charge in [0.05, 0.1) is 0 Å². The van der Waals surface area contributed by atoms with E-state index < -0.39 is 0 Å². The molecule has 1 aromatic carbocycles. The van der Waals surface area contributed by atoms with Crippen molar-refractivity contribution in [2.24, 2.45) is 0 Å². The summed E-state index contributed by atoms with van der Waals surface area (Å²) in [5, 5.41) is 3.55. The zero-order valence-corrected chi connectivity index (χ0v) is 9.82. The first kappa shape index (κ1) is 11.2. The van der Waals surface area contributed by atoms with E-state index in [0.717, 1.165) is 6.54 Å². The molecule has 0 heterocycles. The standard InChI is InChI=1S/C15H19N/c1-13(15-10-6-3-7-11-15)16-12-14-8-4-2-5-9-14/h2,4-6,8-11,13,16H,3,7,12H2,1H3/t13-/m1/s1. The van der Waals surface area contributed by atoms with E-state index in [0.29, 0.717) is 6.04 Å². The van der Waals surface area contributed by atoms with Crippen molar-refractivity contribution in [2.45, 2.75) is 32.4 Å². The average Bonchev–Trinajstić information content (AvgIpc) is 2.38. The van der Waals surface area contributed by atoms with Gasteiger partial charge in [-0.05, 0) is 30.9 Å². The summed E-state index contributed by atoms with van der Waals surface area (Å²) < 4.78 is 0. The first-order valence-corrected chi connectivity index (χ1v) is 6.00. The van der Waals surface area contributed by atoms with Gasteiger partial charge in [0.1, 0.15) is 0 Å². The van der Waals surface area contributed by atoms with Gasteiger partial charge in [0, 0.05) is 12.6 Å². The minimum atomic E-state index is 0.441. The lowest BCUT2D eigenvalue weighted by Crippen LogP contribution is -2.27. The minimum absolute atomic E-state index is 0.441. The predicted molar refractivity (Wildman–Crippen MR) is 69.2 cm³/mol. The first-order valence-electron chi connectivity index (χ1n) is 6.00. The van der Waals surface area contributed by atoms with Crippen LogP contribution in [0.1, 0.15) is 25.3 Å². The van der Waals surface area contributed by atoms with Crippen molar-refractivity contribution in [1.29, 1.82) is 0 Å². The molecule has 16 heavy (non-hydrogen) atoms. The molecule has 0 saturated heterocycles. The SMILES string of the molecule is C[C@@H](NCc1ccccc1)C1=CCCC=C1. The Labute approximate surface area is 97.9 Å². The van der Waals surface area contributed by atoms with Crippen molar-refractivity contribution in [3.8, 4) is 0 Å². The van der Waals surface area contributed by atoms with E-state index in [-0.39, 0.29) is 0 Å². The highest BCUT2D eigenvalue weighted by Gasteiger charge is 2.06. The van der Waals surface area contributed by atoms with Gasteiger partial charge in [-0.15, -0.1) is 0 Å². The van der Waals surface area contributed by atoms with E-state index in [1.165, 1.54) is 24.0 Å². The molecule has 1 heteroatoms. The molecule has 0 aromatic heterocycles. The maximum Gasteiger partial charge on any atom is 0.0291 e. The number of hydrogen-bond donors (Lipinski definition) is 1. The normalized spacial score (nSPS) is 16.9. The van der Waals surface area contributed by atoms with Crippen molar-refractivity contribution in [3.63, 3.8) is 0 Å². The highest BCUT2D eigenvalue weighted by atomic mass is 14.9. The third kappa shape index (κ3) is 3.07. The second-order valence-corrected chi connectivity index (χ2v) is 4.27. The van der Waals surface area contributed by atoms with Gasteiger partial charge in [-0.25, -0.2) is 0 Å². The monoisotopic (exact) mass is 213 g/mol. The molecule has 0 fully saturated rings. The quantitative estimate of drug-likeness (QED) is 0.808. The molecular formula is C15H19N. The number of hydrogen-bond acceptors (Lipinski definition) is 1. The Hall–Kier alpha value is -1.34. The number of benzene rings is 1. The Bertz CT molecular complexity index is 376. The fraction of sp³-hybridized carbons (Fsp3) is 0.333. The van der Waals surface area contributed by atoms with Crippen LogP contribution in [0.2, 0.25) is 0 Å². The van der Waals surface area contributed by atoms with Crippen molar-refractivity contribution in [1.82, 2.24) is 5.32 Å². The maximum absolute atomic E-state index is 3.55. The number of allylic oxidation sites excluding steroid dienone is 2. The summed E-state index contributed by atoms with van der Waals surface area (Å²) in [6.45, 7) is 3.16. The molecule has 0 aliphatic heterocycles. The summed E-state index contributed by atoms with van der Waals surface area (Å²) in [4.78, 5) is 0. The molecule has 1 nitrogen and oxygen atoms in total. The topological polar surface area (TPSA) is 12.0 Å². The summed E-state index contributed by atoms with van der Waals surface area (Å²) in [5.41, 5.74) is 2.76. The smallest absolute Gasteiger partial charge is 0.0291 e. The van der Waals surface area contributed by atoms with Gasteiger partial charge < -0.3 is 5.32 Å². The van der Waals surface area contributed by atoms with Crippen LogP contribution in [-0.2, 0) is 6.54 Å². The molecule has 84 valence electrons. The molecule has 0 bridgehead atoms. The van der Waals surface area contributed by atoms with Crippen LogP contribution < -0.4 is 5.32 Å². The zero-order valence-electron chi connectivity index (χ0n) is 9.82. The second-order valence-electron chi connectivity index (χ2n) is 4.27. The van der Waals surface area contributed by atoms with Crippen LogP contribution in [-0.4, -0.2) is 6.04 Å². The van der Waals surface area contributed by atoms with E-state index in [1.54, 1.807) is 0 Å². The highest BCUT2D eigenvalue weighted by Crippen LogP contribution is 2.13. The van der Waals surface area contributed by atoms with Crippen LogP contribution in [0.3, 0.4) is 0 Å². The van der Waals surface area contributed by atoms with Crippen molar-refractivity contribution >= 4 is 0 Å². The second kappa shape index (κ2) is 5.66. The molecule has 2 rings (SSSR count).